The Morgan fingerprint density at radius 3 is 2.45 bits per heavy atom. The summed E-state index contributed by atoms with van der Waals surface area (Å²) in [5.41, 5.74) is -1.87. The van der Waals surface area contributed by atoms with Crippen LogP contribution >= 0.6 is 0 Å². The van der Waals surface area contributed by atoms with E-state index in [1.165, 1.54) is 4.31 Å². The van der Waals surface area contributed by atoms with Gasteiger partial charge in [0.2, 0.25) is 15.9 Å². The maximum atomic E-state index is 15.7. The molecule has 2 atom stereocenters. The number of nitrogens with zero attached hydrogens (tertiary/aromatic N) is 2. The van der Waals surface area contributed by atoms with E-state index in [-0.39, 0.29) is 48.4 Å². The summed E-state index contributed by atoms with van der Waals surface area (Å²) in [6.45, 7) is 1.45. The molecule has 3 fully saturated rings. The highest BCUT2D eigenvalue weighted by molar-refractivity contribution is 7.89. The van der Waals surface area contributed by atoms with E-state index >= 15 is 8.78 Å². The van der Waals surface area contributed by atoms with Crippen molar-refractivity contribution in [3.8, 4) is 0 Å². The molecule has 0 unspecified atom stereocenters. The topological polar surface area (TPSA) is 116 Å². The van der Waals surface area contributed by atoms with Crippen molar-refractivity contribution >= 4 is 10.0 Å². The molecule has 38 heavy (non-hydrogen) atoms. The van der Waals surface area contributed by atoms with Gasteiger partial charge in [-0.25, -0.2) is 27.1 Å². The van der Waals surface area contributed by atoms with Crippen molar-refractivity contribution in [2.75, 3.05) is 0 Å². The van der Waals surface area contributed by atoms with Crippen molar-refractivity contribution < 1.29 is 26.7 Å². The predicted octanol–water partition coefficient (Wildman–Crippen LogP) is 3.92. The van der Waals surface area contributed by atoms with E-state index in [9.17, 15) is 18.3 Å². The SMILES string of the molecule is C[C@H]1CC[C@H](c2ccccc2)S(=O)(=O)N1Cc1cc(F)c(C2(c3n[nH]c(=O)o3)CC(O)(C3CC3)C2)cc1F. The van der Waals surface area contributed by atoms with Crippen LogP contribution < -0.4 is 5.76 Å². The summed E-state index contributed by atoms with van der Waals surface area (Å²) in [5, 5.41) is 16.3. The monoisotopic (exact) mass is 545 g/mol. The van der Waals surface area contributed by atoms with Crippen molar-refractivity contribution in [2.24, 2.45) is 5.92 Å². The molecule has 0 bridgehead atoms. The fraction of sp³-hybridized carbons (Fsp3) is 0.481. The van der Waals surface area contributed by atoms with Gasteiger partial charge in [0, 0.05) is 23.7 Å². The van der Waals surface area contributed by atoms with Gasteiger partial charge in [-0.2, -0.15) is 4.31 Å². The highest BCUT2D eigenvalue weighted by Gasteiger charge is 2.64. The summed E-state index contributed by atoms with van der Waals surface area (Å²) in [4.78, 5) is 11.7. The molecule has 0 spiro atoms. The van der Waals surface area contributed by atoms with Crippen LogP contribution in [0.5, 0.6) is 0 Å². The molecule has 1 aromatic heterocycles. The summed E-state index contributed by atoms with van der Waals surface area (Å²) in [7, 11) is -3.84. The largest absolute Gasteiger partial charge is 0.434 e. The number of aromatic nitrogens is 2. The van der Waals surface area contributed by atoms with E-state index in [1.807, 2.05) is 6.07 Å². The summed E-state index contributed by atoms with van der Waals surface area (Å²) < 4.78 is 64.9. The minimum atomic E-state index is -3.84. The number of benzene rings is 2. The lowest BCUT2D eigenvalue weighted by molar-refractivity contribution is -0.103. The van der Waals surface area contributed by atoms with Gasteiger partial charge < -0.3 is 9.52 Å². The summed E-state index contributed by atoms with van der Waals surface area (Å²) in [6.07, 6.45) is 2.82. The molecule has 3 aromatic rings. The molecule has 202 valence electrons. The van der Waals surface area contributed by atoms with E-state index in [4.69, 9.17) is 4.42 Å². The fourth-order valence-electron chi connectivity index (χ4n) is 6.39. The standard InChI is InChI=1S/C27H29F2N3O5S/c1-16-7-10-23(17-5-3-2-4-6-17)38(35,36)32(16)13-18-11-22(29)20(12-21(18)28)26(24-30-31-25(33)37-24)14-27(34,15-26)19-8-9-19/h2-6,11-12,16,19,23,34H,7-10,13-15H2,1H3,(H,31,33)/t16-,23+,26?,27?/m0/s1. The fourth-order valence-corrected chi connectivity index (χ4v) is 8.58. The minimum absolute atomic E-state index is 0.0461. The Hall–Kier alpha value is -2.89. The van der Waals surface area contributed by atoms with Crippen molar-refractivity contribution in [3.05, 3.63) is 87.2 Å². The zero-order valence-electron chi connectivity index (χ0n) is 20.9. The number of aromatic amines is 1. The second-order valence-corrected chi connectivity index (χ2v) is 13.1. The summed E-state index contributed by atoms with van der Waals surface area (Å²) in [5.74, 6) is -2.40. The molecule has 2 saturated carbocycles. The molecule has 11 heteroatoms. The van der Waals surface area contributed by atoms with E-state index < -0.39 is 43.7 Å². The van der Waals surface area contributed by atoms with E-state index in [1.54, 1.807) is 31.2 Å². The first-order valence-electron chi connectivity index (χ1n) is 12.9. The smallest absolute Gasteiger partial charge is 0.391 e. The molecule has 2 N–H and O–H groups in total. The Bertz CT molecular complexity index is 1530. The van der Waals surface area contributed by atoms with Crippen LogP contribution in [-0.2, 0) is 22.0 Å². The van der Waals surface area contributed by atoms with Crippen molar-refractivity contribution in [1.29, 1.82) is 0 Å². The molecule has 6 rings (SSSR count). The first-order valence-corrected chi connectivity index (χ1v) is 14.4. The van der Waals surface area contributed by atoms with Gasteiger partial charge in [0.25, 0.3) is 0 Å². The molecule has 2 aromatic carbocycles. The van der Waals surface area contributed by atoms with Crippen LogP contribution in [0.3, 0.4) is 0 Å². The third-order valence-electron chi connectivity index (χ3n) is 8.57. The van der Waals surface area contributed by atoms with Crippen molar-refractivity contribution in [2.45, 2.75) is 74.3 Å². The highest BCUT2D eigenvalue weighted by atomic mass is 32.2. The van der Waals surface area contributed by atoms with Crippen LogP contribution in [-0.4, -0.2) is 39.7 Å². The molecule has 0 amide bonds. The molecular weight excluding hydrogens is 516 g/mol. The molecule has 1 saturated heterocycles. The first-order chi connectivity index (χ1) is 18.0. The molecule has 2 aliphatic carbocycles. The molecule has 1 aliphatic heterocycles. The van der Waals surface area contributed by atoms with Crippen LogP contribution in [0.15, 0.2) is 51.7 Å². The molecule has 2 heterocycles. The van der Waals surface area contributed by atoms with Crippen LogP contribution in [0.2, 0.25) is 0 Å². The number of hydrogen-bond acceptors (Lipinski definition) is 6. The van der Waals surface area contributed by atoms with Crippen LogP contribution in [0.1, 0.15) is 73.3 Å². The maximum absolute atomic E-state index is 15.7. The molecule has 0 radical (unpaired) electrons. The number of aliphatic hydroxyl groups is 1. The van der Waals surface area contributed by atoms with Gasteiger partial charge in [-0.3, -0.25) is 0 Å². The number of hydrogen-bond donors (Lipinski definition) is 2. The Kier molecular flexibility index (Phi) is 5.89. The third-order valence-corrected chi connectivity index (χ3v) is 10.9. The second-order valence-electron chi connectivity index (χ2n) is 11.1. The zero-order chi connectivity index (χ0) is 26.9. The lowest BCUT2D eigenvalue weighted by Crippen LogP contribution is -2.57. The van der Waals surface area contributed by atoms with Crippen molar-refractivity contribution in [1.82, 2.24) is 14.5 Å². The number of H-pyrrole nitrogens is 1. The Balaban J connectivity index is 1.34. The highest BCUT2D eigenvalue weighted by Crippen LogP contribution is 2.61. The Labute approximate surface area is 218 Å². The van der Waals surface area contributed by atoms with Gasteiger partial charge in [-0.15, -0.1) is 5.10 Å². The van der Waals surface area contributed by atoms with Crippen LogP contribution in [0.4, 0.5) is 8.78 Å². The number of rotatable bonds is 6. The van der Waals surface area contributed by atoms with Gasteiger partial charge in [0.15, 0.2) is 0 Å². The average Bonchev–Trinajstić information content (AvgIpc) is 3.63. The van der Waals surface area contributed by atoms with Gasteiger partial charge in [0.1, 0.15) is 16.9 Å². The maximum Gasteiger partial charge on any atom is 0.434 e. The normalized spacial score (nSPS) is 31.2. The van der Waals surface area contributed by atoms with E-state index in [0.29, 0.717) is 18.4 Å². The lowest BCUT2D eigenvalue weighted by Gasteiger charge is -2.52. The Morgan fingerprint density at radius 2 is 1.82 bits per heavy atom. The van der Waals surface area contributed by atoms with Crippen LogP contribution in [0.25, 0.3) is 0 Å². The average molecular weight is 546 g/mol. The van der Waals surface area contributed by atoms with Gasteiger partial charge in [-0.1, -0.05) is 30.3 Å². The third kappa shape index (κ3) is 4.02. The molecule has 8 nitrogen and oxygen atoms in total. The minimum Gasteiger partial charge on any atom is -0.391 e. The quantitative estimate of drug-likeness (QED) is 0.485. The summed E-state index contributed by atoms with van der Waals surface area (Å²) >= 11 is 0. The van der Waals surface area contributed by atoms with Gasteiger partial charge in [-0.05, 0) is 69.1 Å². The molecular formula is C27H29F2N3O5S. The van der Waals surface area contributed by atoms with E-state index in [2.05, 4.69) is 10.2 Å². The first kappa shape index (κ1) is 25.4. The predicted molar refractivity (Wildman–Crippen MR) is 134 cm³/mol. The number of sulfonamides is 1. The van der Waals surface area contributed by atoms with Gasteiger partial charge >= 0.3 is 5.76 Å². The van der Waals surface area contributed by atoms with Gasteiger partial charge in [0.05, 0.1) is 11.0 Å². The summed E-state index contributed by atoms with van der Waals surface area (Å²) in [6, 6.07) is 10.6. The number of nitrogens with one attached hydrogen (secondary N) is 1. The molecule has 3 aliphatic rings. The second kappa shape index (κ2) is 8.82. The Morgan fingerprint density at radius 1 is 1.11 bits per heavy atom. The van der Waals surface area contributed by atoms with Crippen LogP contribution in [0, 0.1) is 17.6 Å². The number of halogens is 2. The lowest BCUT2D eigenvalue weighted by atomic mass is 9.54. The zero-order valence-corrected chi connectivity index (χ0v) is 21.7. The van der Waals surface area contributed by atoms with E-state index in [0.717, 1.165) is 25.0 Å². The van der Waals surface area contributed by atoms with Crippen molar-refractivity contribution in [3.63, 3.8) is 0 Å².